The number of halogens is 2. The minimum atomic E-state index is -3.62. The molecule has 0 aliphatic carbocycles. The maximum atomic E-state index is 14.6. The van der Waals surface area contributed by atoms with Gasteiger partial charge in [-0.25, -0.2) is 18.4 Å². The number of hydrogen-bond acceptors (Lipinski definition) is 6. The number of hydroxylamine groups is 2. The number of piperidine rings is 1. The second-order valence-corrected chi connectivity index (χ2v) is 7.86. The van der Waals surface area contributed by atoms with Gasteiger partial charge < -0.3 is 14.5 Å². The molecule has 0 bridgehead atoms. The zero-order valence-electron chi connectivity index (χ0n) is 16.1. The van der Waals surface area contributed by atoms with E-state index in [1.54, 1.807) is 20.8 Å². The summed E-state index contributed by atoms with van der Waals surface area (Å²) >= 11 is 0. The van der Waals surface area contributed by atoms with E-state index in [9.17, 15) is 28.0 Å². The highest BCUT2D eigenvalue weighted by atomic mass is 19.3. The number of alkyl halides is 2. The first-order valence-corrected chi connectivity index (χ1v) is 8.96. The molecule has 0 radical (unpaired) electrons. The van der Waals surface area contributed by atoms with E-state index in [-0.39, 0.29) is 22.7 Å². The minimum Gasteiger partial charge on any atom is -0.444 e. The molecule has 1 saturated heterocycles. The topological polar surface area (TPSA) is 93.2 Å². The highest BCUT2D eigenvalue weighted by Gasteiger charge is 2.52. The van der Waals surface area contributed by atoms with E-state index in [0.717, 1.165) is 4.90 Å². The maximum absolute atomic E-state index is 14.6. The molecule has 1 atom stereocenters. The Morgan fingerprint density at radius 1 is 1.10 bits per heavy atom. The van der Waals surface area contributed by atoms with Crippen molar-refractivity contribution in [2.75, 3.05) is 13.1 Å². The summed E-state index contributed by atoms with van der Waals surface area (Å²) < 4.78 is 34.2. The molecule has 8 nitrogen and oxygen atoms in total. The zero-order valence-corrected chi connectivity index (χ0v) is 16.1. The number of amides is 3. The number of rotatable bonds is 2. The minimum absolute atomic E-state index is 0.0248. The fourth-order valence-corrected chi connectivity index (χ4v) is 3.12. The largest absolute Gasteiger partial charge is 0.444 e. The molecule has 3 amide bonds. The normalized spacial score (nSPS) is 21.1. The van der Waals surface area contributed by atoms with Crippen LogP contribution in [-0.2, 0) is 14.4 Å². The highest BCUT2D eigenvalue weighted by molar-refractivity contribution is 6.20. The first-order valence-electron chi connectivity index (χ1n) is 8.96. The maximum Gasteiger partial charge on any atom is 0.410 e. The number of carbonyl (C=O) groups excluding carboxylic acids is 4. The van der Waals surface area contributed by atoms with Gasteiger partial charge in [-0.3, -0.25) is 9.59 Å². The second kappa shape index (κ2) is 7.09. The van der Waals surface area contributed by atoms with Gasteiger partial charge in [-0.15, -0.1) is 0 Å². The van der Waals surface area contributed by atoms with Crippen molar-refractivity contribution in [3.63, 3.8) is 0 Å². The average Bonchev–Trinajstić information content (AvgIpc) is 2.84. The van der Waals surface area contributed by atoms with Crippen molar-refractivity contribution in [1.29, 1.82) is 0 Å². The highest BCUT2D eigenvalue weighted by Crippen LogP contribution is 2.35. The summed E-state index contributed by atoms with van der Waals surface area (Å²) in [7, 11) is 0. The van der Waals surface area contributed by atoms with Crippen LogP contribution < -0.4 is 0 Å². The number of benzene rings is 1. The molecule has 2 aliphatic heterocycles. The van der Waals surface area contributed by atoms with Gasteiger partial charge in [0, 0.05) is 6.54 Å². The van der Waals surface area contributed by atoms with Crippen molar-refractivity contribution in [2.24, 2.45) is 5.92 Å². The van der Waals surface area contributed by atoms with Gasteiger partial charge in [-0.1, -0.05) is 17.2 Å². The van der Waals surface area contributed by atoms with Gasteiger partial charge in [0.05, 0.1) is 17.7 Å². The molecule has 0 saturated carbocycles. The molecule has 2 aliphatic rings. The first kappa shape index (κ1) is 20.7. The van der Waals surface area contributed by atoms with Crippen LogP contribution in [0.3, 0.4) is 0 Å². The van der Waals surface area contributed by atoms with E-state index < -0.39 is 54.3 Å². The van der Waals surface area contributed by atoms with E-state index in [2.05, 4.69) is 0 Å². The summed E-state index contributed by atoms with van der Waals surface area (Å²) in [5, 5.41) is 0.198. The molecule has 1 fully saturated rings. The molecule has 156 valence electrons. The summed E-state index contributed by atoms with van der Waals surface area (Å²) in [5.41, 5.74) is -0.804. The standard InChI is InChI=1S/C19H20F2N2O6/c1-18(2,3)28-17(27)22-9-8-13(19(20,21)10-22)16(26)29-23-14(24)11-6-4-5-7-12(11)15(23)25/h4-7,13H,8-10H2,1-3H3. The molecular formula is C19H20F2N2O6. The fraction of sp³-hybridized carbons (Fsp3) is 0.474. The van der Waals surface area contributed by atoms with Gasteiger partial charge >= 0.3 is 12.1 Å². The smallest absolute Gasteiger partial charge is 0.410 e. The predicted octanol–water partition coefficient (Wildman–Crippen LogP) is 2.63. The number of fused-ring (bicyclic) bond motifs is 1. The Balaban J connectivity index is 1.68. The van der Waals surface area contributed by atoms with Gasteiger partial charge in [0.15, 0.2) is 0 Å². The Morgan fingerprint density at radius 2 is 1.66 bits per heavy atom. The van der Waals surface area contributed by atoms with Crippen LogP contribution in [0.4, 0.5) is 13.6 Å². The number of hydrogen-bond donors (Lipinski definition) is 0. The van der Waals surface area contributed by atoms with Crippen molar-refractivity contribution >= 4 is 23.9 Å². The second-order valence-electron chi connectivity index (χ2n) is 7.86. The molecule has 1 aromatic carbocycles. The van der Waals surface area contributed by atoms with E-state index in [4.69, 9.17) is 9.57 Å². The lowest BCUT2D eigenvalue weighted by atomic mass is 9.93. The molecule has 0 spiro atoms. The van der Waals surface area contributed by atoms with Crippen LogP contribution in [0.15, 0.2) is 24.3 Å². The third-order valence-electron chi connectivity index (χ3n) is 4.47. The third-order valence-corrected chi connectivity index (χ3v) is 4.47. The van der Waals surface area contributed by atoms with Crippen molar-refractivity contribution in [3.05, 3.63) is 35.4 Å². The molecule has 0 N–H and O–H groups in total. The van der Waals surface area contributed by atoms with E-state index in [1.165, 1.54) is 24.3 Å². The van der Waals surface area contributed by atoms with Crippen LogP contribution >= 0.6 is 0 Å². The van der Waals surface area contributed by atoms with E-state index in [0.29, 0.717) is 0 Å². The van der Waals surface area contributed by atoms with Crippen LogP contribution in [0, 0.1) is 5.92 Å². The molecule has 0 aromatic heterocycles. The van der Waals surface area contributed by atoms with E-state index >= 15 is 0 Å². The van der Waals surface area contributed by atoms with Gasteiger partial charge in [0.2, 0.25) is 0 Å². The molecule has 3 rings (SSSR count). The van der Waals surface area contributed by atoms with Crippen molar-refractivity contribution in [2.45, 2.75) is 38.7 Å². The number of likely N-dealkylation sites (tertiary alicyclic amines) is 1. The van der Waals surface area contributed by atoms with Crippen LogP contribution in [0.2, 0.25) is 0 Å². The molecule has 1 unspecified atom stereocenters. The molecule has 1 aromatic rings. The molecular weight excluding hydrogens is 390 g/mol. The quantitative estimate of drug-likeness (QED) is 0.696. The summed E-state index contributed by atoms with van der Waals surface area (Å²) in [5.74, 6) is -8.73. The Hall–Kier alpha value is -3.04. The lowest BCUT2D eigenvalue weighted by Crippen LogP contribution is -2.54. The van der Waals surface area contributed by atoms with Crippen LogP contribution in [0.25, 0.3) is 0 Å². The molecule has 2 heterocycles. The monoisotopic (exact) mass is 410 g/mol. The summed E-state index contributed by atoms with van der Waals surface area (Å²) in [6, 6.07) is 5.79. The van der Waals surface area contributed by atoms with Gasteiger partial charge in [-0.2, -0.15) is 0 Å². The molecule has 10 heteroatoms. The predicted molar refractivity (Wildman–Crippen MR) is 93.9 cm³/mol. The average molecular weight is 410 g/mol. The van der Waals surface area contributed by atoms with Gasteiger partial charge in [0.1, 0.15) is 11.5 Å². The Bertz CT molecular complexity index is 845. The van der Waals surface area contributed by atoms with Crippen LogP contribution in [-0.4, -0.2) is 58.5 Å². The van der Waals surface area contributed by atoms with Crippen LogP contribution in [0.1, 0.15) is 47.9 Å². The SMILES string of the molecule is CC(C)(C)OC(=O)N1CCC(C(=O)ON2C(=O)c3ccccc3C2=O)C(F)(F)C1. The van der Waals surface area contributed by atoms with Gasteiger partial charge in [-0.05, 0) is 39.3 Å². The van der Waals surface area contributed by atoms with Crippen molar-refractivity contribution < 1.29 is 37.5 Å². The lowest BCUT2D eigenvalue weighted by molar-refractivity contribution is -0.194. The molecule has 29 heavy (non-hydrogen) atoms. The zero-order chi connectivity index (χ0) is 21.6. The number of ether oxygens (including phenoxy) is 1. The first-order chi connectivity index (χ1) is 13.4. The summed E-state index contributed by atoms with van der Waals surface area (Å²) in [6.07, 6.45) is -1.32. The number of nitrogens with zero attached hydrogens (tertiary/aromatic N) is 2. The van der Waals surface area contributed by atoms with Crippen molar-refractivity contribution in [1.82, 2.24) is 9.96 Å². The summed E-state index contributed by atoms with van der Waals surface area (Å²) in [4.78, 5) is 54.4. The Kier molecular flexibility index (Phi) is 5.06. The number of carbonyl (C=O) groups is 4. The lowest BCUT2D eigenvalue weighted by Gasteiger charge is -2.37. The third kappa shape index (κ3) is 4.06. The number of imide groups is 1. The van der Waals surface area contributed by atoms with E-state index in [1.807, 2.05) is 0 Å². The fourth-order valence-electron chi connectivity index (χ4n) is 3.12. The van der Waals surface area contributed by atoms with Crippen molar-refractivity contribution in [3.8, 4) is 0 Å². The Morgan fingerprint density at radius 3 is 2.14 bits per heavy atom. The van der Waals surface area contributed by atoms with Crippen LogP contribution in [0.5, 0.6) is 0 Å². The van der Waals surface area contributed by atoms with Gasteiger partial charge in [0.25, 0.3) is 17.7 Å². The Labute approximate surface area is 165 Å². The summed E-state index contributed by atoms with van der Waals surface area (Å²) in [6.45, 7) is 3.62.